The van der Waals surface area contributed by atoms with Crippen LogP contribution in [0.2, 0.25) is 0 Å². The summed E-state index contributed by atoms with van der Waals surface area (Å²) in [6, 6.07) is 11.4. The van der Waals surface area contributed by atoms with Gasteiger partial charge in [-0.3, -0.25) is 4.79 Å². The van der Waals surface area contributed by atoms with Gasteiger partial charge in [-0.05, 0) is 36.5 Å². The summed E-state index contributed by atoms with van der Waals surface area (Å²) in [6.45, 7) is 0. The summed E-state index contributed by atoms with van der Waals surface area (Å²) in [5.41, 5.74) is 2.52. The van der Waals surface area contributed by atoms with Crippen LogP contribution in [0.3, 0.4) is 0 Å². The minimum Gasteiger partial charge on any atom is -0.480 e. The zero-order valence-electron chi connectivity index (χ0n) is 11.5. The number of ether oxygens (including phenoxy) is 1. The Labute approximate surface area is 118 Å². The van der Waals surface area contributed by atoms with E-state index in [-0.39, 0.29) is 5.78 Å². The molecule has 1 heterocycles. The number of methoxy groups -OCH3 is 1. The number of carbonyl (C=O) groups is 1. The Balaban J connectivity index is 1.86. The number of carbonyl (C=O) groups excluding carboxylic acids is 1. The van der Waals surface area contributed by atoms with Gasteiger partial charge in [0.2, 0.25) is 5.88 Å². The van der Waals surface area contributed by atoms with Gasteiger partial charge in [0, 0.05) is 11.8 Å². The first-order valence-corrected chi connectivity index (χ1v) is 6.93. The highest BCUT2D eigenvalue weighted by molar-refractivity contribution is 6.10. The van der Waals surface area contributed by atoms with Crippen LogP contribution in [0, 0.1) is 0 Å². The van der Waals surface area contributed by atoms with E-state index >= 15 is 0 Å². The molecule has 3 rings (SSSR count). The van der Waals surface area contributed by atoms with Gasteiger partial charge in [-0.2, -0.15) is 0 Å². The summed E-state index contributed by atoms with van der Waals surface area (Å²) in [7, 11) is 1.53. The van der Waals surface area contributed by atoms with Gasteiger partial charge >= 0.3 is 0 Å². The van der Waals surface area contributed by atoms with Crippen molar-refractivity contribution in [2.75, 3.05) is 7.11 Å². The molecule has 0 radical (unpaired) electrons. The van der Waals surface area contributed by atoms with Crippen LogP contribution in [0.1, 0.15) is 46.7 Å². The Bertz CT molecular complexity index is 615. The van der Waals surface area contributed by atoms with Crippen LogP contribution in [-0.2, 0) is 0 Å². The molecule has 1 fully saturated rings. The molecule has 0 atom stereocenters. The average Bonchev–Trinajstić information content (AvgIpc) is 2.45. The third kappa shape index (κ3) is 2.31. The lowest BCUT2D eigenvalue weighted by atomic mass is 9.80. The topological polar surface area (TPSA) is 39.2 Å². The molecule has 2 aromatic rings. The lowest BCUT2D eigenvalue weighted by Crippen LogP contribution is -2.09. The van der Waals surface area contributed by atoms with E-state index in [2.05, 4.69) is 17.1 Å². The van der Waals surface area contributed by atoms with Crippen LogP contribution in [0.15, 0.2) is 42.6 Å². The Morgan fingerprint density at radius 3 is 2.55 bits per heavy atom. The van der Waals surface area contributed by atoms with Gasteiger partial charge in [-0.1, -0.05) is 30.7 Å². The van der Waals surface area contributed by atoms with E-state index in [4.69, 9.17) is 4.74 Å². The predicted molar refractivity (Wildman–Crippen MR) is 77.3 cm³/mol. The molecule has 0 unspecified atom stereocenters. The SMILES string of the molecule is COc1ncccc1C(=O)c1ccc(C2CCC2)cc1. The molecule has 1 saturated carbocycles. The zero-order chi connectivity index (χ0) is 13.9. The van der Waals surface area contributed by atoms with Crippen LogP contribution >= 0.6 is 0 Å². The van der Waals surface area contributed by atoms with E-state index in [1.807, 2.05) is 12.1 Å². The Morgan fingerprint density at radius 2 is 1.95 bits per heavy atom. The Hall–Kier alpha value is -2.16. The normalized spacial score (nSPS) is 14.7. The van der Waals surface area contributed by atoms with Crippen molar-refractivity contribution in [1.82, 2.24) is 4.98 Å². The van der Waals surface area contributed by atoms with Crippen LogP contribution in [-0.4, -0.2) is 17.9 Å². The number of hydrogen-bond acceptors (Lipinski definition) is 3. The molecule has 3 heteroatoms. The molecule has 0 saturated heterocycles. The van der Waals surface area contributed by atoms with Gasteiger partial charge in [0.05, 0.1) is 12.7 Å². The summed E-state index contributed by atoms with van der Waals surface area (Å²) in [4.78, 5) is 16.5. The molecule has 0 amide bonds. The average molecular weight is 267 g/mol. The molecule has 0 aliphatic heterocycles. The van der Waals surface area contributed by atoms with Crippen molar-refractivity contribution in [3.05, 3.63) is 59.3 Å². The highest BCUT2D eigenvalue weighted by Gasteiger charge is 2.20. The van der Waals surface area contributed by atoms with Crippen LogP contribution in [0.5, 0.6) is 5.88 Å². The lowest BCUT2D eigenvalue weighted by Gasteiger charge is -2.25. The van der Waals surface area contributed by atoms with Gasteiger partial charge in [0.25, 0.3) is 0 Å². The standard InChI is InChI=1S/C17H17NO2/c1-20-17-15(6-3-11-18-17)16(19)14-9-7-13(8-10-14)12-4-2-5-12/h3,6-12H,2,4-5H2,1H3. The number of nitrogens with zero attached hydrogens (tertiary/aromatic N) is 1. The van der Waals surface area contributed by atoms with E-state index < -0.39 is 0 Å². The molecule has 20 heavy (non-hydrogen) atoms. The first-order chi connectivity index (χ1) is 9.79. The first kappa shape index (κ1) is 12.9. The second kappa shape index (κ2) is 5.45. The van der Waals surface area contributed by atoms with Crippen molar-refractivity contribution in [3.8, 4) is 5.88 Å². The second-order valence-electron chi connectivity index (χ2n) is 5.14. The number of ketones is 1. The quantitative estimate of drug-likeness (QED) is 0.795. The highest BCUT2D eigenvalue weighted by Crippen LogP contribution is 2.36. The highest BCUT2D eigenvalue weighted by atomic mass is 16.5. The fourth-order valence-electron chi connectivity index (χ4n) is 2.53. The van der Waals surface area contributed by atoms with Gasteiger partial charge in [0.1, 0.15) is 0 Å². The molecule has 1 aliphatic rings. The third-order valence-electron chi connectivity index (χ3n) is 3.96. The molecular formula is C17H17NO2. The molecule has 102 valence electrons. The molecule has 1 aromatic carbocycles. The van der Waals surface area contributed by atoms with Crippen LogP contribution in [0.25, 0.3) is 0 Å². The summed E-state index contributed by atoms with van der Waals surface area (Å²) >= 11 is 0. The van der Waals surface area contributed by atoms with Gasteiger partial charge < -0.3 is 4.74 Å². The lowest BCUT2D eigenvalue weighted by molar-refractivity contribution is 0.103. The van der Waals surface area contributed by atoms with Gasteiger partial charge in [-0.25, -0.2) is 4.98 Å². The molecular weight excluding hydrogens is 250 g/mol. The van der Waals surface area contributed by atoms with Crippen molar-refractivity contribution in [2.45, 2.75) is 25.2 Å². The Kier molecular flexibility index (Phi) is 3.50. The fraction of sp³-hybridized carbons (Fsp3) is 0.294. The predicted octanol–water partition coefficient (Wildman–Crippen LogP) is 3.59. The molecule has 1 aromatic heterocycles. The van der Waals surface area contributed by atoms with Crippen molar-refractivity contribution in [1.29, 1.82) is 0 Å². The Morgan fingerprint density at radius 1 is 1.20 bits per heavy atom. The van der Waals surface area contributed by atoms with Crippen molar-refractivity contribution >= 4 is 5.78 Å². The summed E-state index contributed by atoms with van der Waals surface area (Å²) in [5.74, 6) is 1.02. The van der Waals surface area contributed by atoms with Crippen molar-refractivity contribution in [2.24, 2.45) is 0 Å². The van der Waals surface area contributed by atoms with Crippen LogP contribution < -0.4 is 4.74 Å². The molecule has 0 spiro atoms. The number of aromatic nitrogens is 1. The largest absolute Gasteiger partial charge is 0.480 e. The molecule has 0 N–H and O–H groups in total. The summed E-state index contributed by atoms with van der Waals surface area (Å²) < 4.78 is 5.14. The number of rotatable bonds is 4. The summed E-state index contributed by atoms with van der Waals surface area (Å²) in [6.07, 6.45) is 5.47. The fourth-order valence-corrected chi connectivity index (χ4v) is 2.53. The van der Waals surface area contributed by atoms with Crippen LogP contribution in [0.4, 0.5) is 0 Å². The monoisotopic (exact) mass is 267 g/mol. The number of benzene rings is 1. The number of pyridine rings is 1. The minimum absolute atomic E-state index is 0.0462. The van der Waals surface area contributed by atoms with Crippen molar-refractivity contribution < 1.29 is 9.53 Å². The molecule has 1 aliphatic carbocycles. The summed E-state index contributed by atoms with van der Waals surface area (Å²) in [5, 5.41) is 0. The van der Waals surface area contributed by atoms with Gasteiger partial charge in [-0.15, -0.1) is 0 Å². The maximum atomic E-state index is 12.5. The first-order valence-electron chi connectivity index (χ1n) is 6.93. The van der Waals surface area contributed by atoms with E-state index in [9.17, 15) is 4.79 Å². The van der Waals surface area contributed by atoms with Gasteiger partial charge in [0.15, 0.2) is 5.78 Å². The maximum absolute atomic E-state index is 12.5. The van der Waals surface area contributed by atoms with Crippen molar-refractivity contribution in [3.63, 3.8) is 0 Å². The van der Waals surface area contributed by atoms with E-state index in [1.165, 1.54) is 31.9 Å². The smallest absolute Gasteiger partial charge is 0.224 e. The minimum atomic E-state index is -0.0462. The maximum Gasteiger partial charge on any atom is 0.224 e. The molecule has 0 bridgehead atoms. The van der Waals surface area contributed by atoms with E-state index in [1.54, 1.807) is 18.3 Å². The molecule has 3 nitrogen and oxygen atoms in total. The van der Waals surface area contributed by atoms with E-state index in [0.717, 1.165) is 0 Å². The third-order valence-corrected chi connectivity index (χ3v) is 3.96. The second-order valence-corrected chi connectivity index (χ2v) is 5.14. The number of hydrogen-bond donors (Lipinski definition) is 0. The van der Waals surface area contributed by atoms with E-state index in [0.29, 0.717) is 22.9 Å². The zero-order valence-corrected chi connectivity index (χ0v) is 11.5.